The highest BCUT2D eigenvalue weighted by atomic mass is 32.1. The minimum absolute atomic E-state index is 0.0702. The van der Waals surface area contributed by atoms with Crippen LogP contribution in [-0.2, 0) is 0 Å². The number of aromatic nitrogens is 2. The summed E-state index contributed by atoms with van der Waals surface area (Å²) in [6.07, 6.45) is 2.04. The van der Waals surface area contributed by atoms with Crippen LogP contribution in [0.4, 0.5) is 5.13 Å². The summed E-state index contributed by atoms with van der Waals surface area (Å²) in [5.41, 5.74) is 5.50. The standard InChI is InChI=1S/C11H19N5OS/c1-3-16-6-4-8(5-7-16)15(2)10(17)9-13-14-11(12)18-9/h8H,3-7H2,1-2H3,(H2,12,14). The van der Waals surface area contributed by atoms with E-state index < -0.39 is 0 Å². The van der Waals surface area contributed by atoms with Gasteiger partial charge in [0, 0.05) is 26.2 Å². The Hall–Kier alpha value is -1.21. The van der Waals surface area contributed by atoms with Crippen LogP contribution in [0.25, 0.3) is 0 Å². The van der Waals surface area contributed by atoms with E-state index in [4.69, 9.17) is 5.73 Å². The number of nitrogen functional groups attached to an aromatic ring is 1. The van der Waals surface area contributed by atoms with Crippen molar-refractivity contribution in [2.45, 2.75) is 25.8 Å². The first-order valence-corrected chi connectivity index (χ1v) is 7.02. The average molecular weight is 269 g/mol. The lowest BCUT2D eigenvalue weighted by Gasteiger charge is -2.35. The van der Waals surface area contributed by atoms with Gasteiger partial charge in [0.1, 0.15) is 0 Å². The Balaban J connectivity index is 1.95. The number of amides is 1. The fraction of sp³-hybridized carbons (Fsp3) is 0.727. The molecule has 1 fully saturated rings. The van der Waals surface area contributed by atoms with Crippen LogP contribution < -0.4 is 5.73 Å². The quantitative estimate of drug-likeness (QED) is 0.873. The average Bonchev–Trinajstić information content (AvgIpc) is 2.84. The molecule has 100 valence electrons. The van der Waals surface area contributed by atoms with Crippen molar-refractivity contribution in [1.82, 2.24) is 20.0 Å². The van der Waals surface area contributed by atoms with Crippen molar-refractivity contribution in [3.8, 4) is 0 Å². The minimum Gasteiger partial charge on any atom is -0.374 e. The lowest BCUT2D eigenvalue weighted by molar-refractivity contribution is 0.0645. The van der Waals surface area contributed by atoms with Gasteiger partial charge in [0.05, 0.1) is 0 Å². The summed E-state index contributed by atoms with van der Waals surface area (Å²) in [5.74, 6) is -0.0702. The third-order valence-corrected chi connectivity index (χ3v) is 4.24. The smallest absolute Gasteiger partial charge is 0.284 e. The molecule has 2 rings (SSSR count). The van der Waals surface area contributed by atoms with Gasteiger partial charge in [0.2, 0.25) is 10.1 Å². The molecule has 18 heavy (non-hydrogen) atoms. The lowest BCUT2D eigenvalue weighted by atomic mass is 10.0. The summed E-state index contributed by atoms with van der Waals surface area (Å²) < 4.78 is 0. The van der Waals surface area contributed by atoms with Gasteiger partial charge in [-0.3, -0.25) is 4.79 Å². The maximum atomic E-state index is 12.2. The molecule has 7 heteroatoms. The minimum atomic E-state index is -0.0702. The molecule has 0 atom stereocenters. The molecule has 1 aliphatic rings. The second-order valence-corrected chi connectivity index (χ2v) is 5.54. The van der Waals surface area contributed by atoms with E-state index in [0.29, 0.717) is 16.2 Å². The largest absolute Gasteiger partial charge is 0.374 e. The number of carbonyl (C=O) groups is 1. The number of likely N-dealkylation sites (tertiary alicyclic amines) is 1. The zero-order valence-corrected chi connectivity index (χ0v) is 11.6. The molecule has 0 aromatic carbocycles. The molecule has 6 nitrogen and oxygen atoms in total. The molecular formula is C11H19N5OS. The van der Waals surface area contributed by atoms with Crippen LogP contribution in [0.5, 0.6) is 0 Å². The third-order valence-electron chi connectivity index (χ3n) is 3.50. The molecule has 0 saturated carbocycles. The van der Waals surface area contributed by atoms with Crippen molar-refractivity contribution in [3.63, 3.8) is 0 Å². The molecule has 0 aliphatic carbocycles. The van der Waals surface area contributed by atoms with Crippen LogP contribution in [0.2, 0.25) is 0 Å². The van der Waals surface area contributed by atoms with Gasteiger partial charge in [-0.2, -0.15) is 0 Å². The number of nitrogens with zero attached hydrogens (tertiary/aromatic N) is 4. The van der Waals surface area contributed by atoms with E-state index in [2.05, 4.69) is 22.0 Å². The van der Waals surface area contributed by atoms with E-state index in [-0.39, 0.29) is 5.91 Å². The highest BCUT2D eigenvalue weighted by molar-refractivity contribution is 7.16. The summed E-state index contributed by atoms with van der Waals surface area (Å²) in [6.45, 7) is 5.35. The van der Waals surface area contributed by atoms with Crippen LogP contribution in [0.3, 0.4) is 0 Å². The number of carbonyl (C=O) groups excluding carboxylic acids is 1. The van der Waals surface area contributed by atoms with Crippen LogP contribution >= 0.6 is 11.3 Å². The van der Waals surface area contributed by atoms with Crippen molar-refractivity contribution in [2.24, 2.45) is 0 Å². The van der Waals surface area contributed by atoms with Crippen LogP contribution in [0.1, 0.15) is 29.6 Å². The van der Waals surface area contributed by atoms with Crippen LogP contribution in [-0.4, -0.2) is 58.6 Å². The van der Waals surface area contributed by atoms with Crippen molar-refractivity contribution in [2.75, 3.05) is 32.4 Å². The maximum Gasteiger partial charge on any atom is 0.284 e. The Labute approximate surface area is 111 Å². The fourth-order valence-corrected chi connectivity index (χ4v) is 2.85. The number of anilines is 1. The zero-order chi connectivity index (χ0) is 13.1. The summed E-state index contributed by atoms with van der Waals surface area (Å²) >= 11 is 1.15. The number of hydrogen-bond acceptors (Lipinski definition) is 6. The Kier molecular flexibility index (Phi) is 4.13. The Morgan fingerprint density at radius 3 is 2.67 bits per heavy atom. The van der Waals surface area contributed by atoms with Gasteiger partial charge in [-0.25, -0.2) is 0 Å². The van der Waals surface area contributed by atoms with Gasteiger partial charge >= 0.3 is 0 Å². The molecule has 1 saturated heterocycles. The van der Waals surface area contributed by atoms with Gasteiger partial charge in [-0.1, -0.05) is 18.3 Å². The molecule has 2 N–H and O–H groups in total. The molecule has 0 radical (unpaired) electrons. The second kappa shape index (κ2) is 5.62. The second-order valence-electron chi connectivity index (χ2n) is 4.53. The number of nitrogens with two attached hydrogens (primary N) is 1. The van der Waals surface area contributed by atoms with Crippen molar-refractivity contribution in [3.05, 3.63) is 5.01 Å². The van der Waals surface area contributed by atoms with E-state index in [1.54, 1.807) is 4.90 Å². The van der Waals surface area contributed by atoms with Gasteiger partial charge in [0.25, 0.3) is 5.91 Å². The van der Waals surface area contributed by atoms with Crippen LogP contribution in [0.15, 0.2) is 0 Å². The molecule has 1 aromatic heterocycles. The Morgan fingerprint density at radius 1 is 1.50 bits per heavy atom. The number of piperidine rings is 1. The molecule has 1 aliphatic heterocycles. The van der Waals surface area contributed by atoms with Gasteiger partial charge < -0.3 is 15.5 Å². The van der Waals surface area contributed by atoms with Gasteiger partial charge in [0.15, 0.2) is 0 Å². The van der Waals surface area contributed by atoms with Gasteiger partial charge in [-0.05, 0) is 19.4 Å². The summed E-state index contributed by atoms with van der Waals surface area (Å²) in [6, 6.07) is 0.297. The molecular weight excluding hydrogens is 250 g/mol. The summed E-state index contributed by atoms with van der Waals surface area (Å²) in [7, 11) is 1.84. The van der Waals surface area contributed by atoms with Crippen molar-refractivity contribution < 1.29 is 4.79 Å². The van der Waals surface area contributed by atoms with Crippen LogP contribution in [0, 0.1) is 0 Å². The summed E-state index contributed by atoms with van der Waals surface area (Å²) in [4.78, 5) is 16.4. The predicted molar refractivity (Wildman–Crippen MR) is 71.6 cm³/mol. The molecule has 0 spiro atoms. The molecule has 2 heterocycles. The zero-order valence-electron chi connectivity index (χ0n) is 10.8. The van der Waals surface area contributed by atoms with Gasteiger partial charge in [-0.15, -0.1) is 10.2 Å². The van der Waals surface area contributed by atoms with E-state index in [9.17, 15) is 4.79 Å². The van der Waals surface area contributed by atoms with E-state index in [0.717, 1.165) is 43.8 Å². The lowest BCUT2D eigenvalue weighted by Crippen LogP contribution is -2.45. The van der Waals surface area contributed by atoms with E-state index >= 15 is 0 Å². The normalized spacial score (nSPS) is 17.9. The van der Waals surface area contributed by atoms with E-state index in [1.807, 2.05) is 7.05 Å². The highest BCUT2D eigenvalue weighted by Crippen LogP contribution is 2.19. The highest BCUT2D eigenvalue weighted by Gasteiger charge is 2.27. The Morgan fingerprint density at radius 2 is 2.17 bits per heavy atom. The maximum absolute atomic E-state index is 12.2. The first kappa shape index (κ1) is 13.2. The molecule has 0 bridgehead atoms. The SMILES string of the molecule is CCN1CCC(N(C)C(=O)c2nnc(N)s2)CC1. The molecule has 0 unspecified atom stereocenters. The van der Waals surface area contributed by atoms with Crippen molar-refractivity contribution >= 4 is 22.4 Å². The molecule has 1 aromatic rings. The third kappa shape index (κ3) is 2.78. The first-order chi connectivity index (χ1) is 8.61. The van der Waals surface area contributed by atoms with E-state index in [1.165, 1.54) is 0 Å². The fourth-order valence-electron chi connectivity index (χ4n) is 2.26. The summed E-state index contributed by atoms with van der Waals surface area (Å²) in [5, 5.41) is 8.21. The number of rotatable bonds is 3. The topological polar surface area (TPSA) is 75.3 Å². The number of hydrogen-bond donors (Lipinski definition) is 1. The predicted octanol–water partition coefficient (Wildman–Crippen LogP) is 0.677. The Bertz CT molecular complexity index is 413. The monoisotopic (exact) mass is 269 g/mol. The first-order valence-electron chi connectivity index (χ1n) is 6.20. The van der Waals surface area contributed by atoms with Crippen molar-refractivity contribution in [1.29, 1.82) is 0 Å². The molecule has 1 amide bonds.